The Morgan fingerprint density at radius 3 is 2.82 bits per heavy atom. The largest absolute Gasteiger partial charge is 0.420 e. The summed E-state index contributed by atoms with van der Waals surface area (Å²) in [5.74, 6) is -0.798. The number of benzene rings is 2. The Morgan fingerprint density at radius 1 is 1.27 bits per heavy atom. The summed E-state index contributed by atoms with van der Waals surface area (Å²) >= 11 is 2.22. The van der Waals surface area contributed by atoms with Gasteiger partial charge in [-0.25, -0.2) is 4.79 Å². The average molecular weight is 408 g/mol. The van der Waals surface area contributed by atoms with Gasteiger partial charge < -0.3 is 9.73 Å². The lowest BCUT2D eigenvalue weighted by Gasteiger charge is -2.09. The topological polar surface area (TPSA) is 64.2 Å². The van der Waals surface area contributed by atoms with Crippen molar-refractivity contribution in [3.8, 4) is 0 Å². The summed E-state index contributed by atoms with van der Waals surface area (Å²) in [6, 6.07) is 12.8. The molecule has 0 unspecified atom stereocenters. The molecule has 0 aliphatic heterocycles. The molecule has 22 heavy (non-hydrogen) atoms. The number of nitrogens with one attached hydrogen (secondary N) is 1. The fourth-order valence-electron chi connectivity index (χ4n) is 2.26. The number of aryl methyl sites for hydroxylation is 1. The second-order valence-electron chi connectivity index (χ2n) is 4.93. The molecule has 3 aromatic rings. The molecule has 0 radical (unpaired) electrons. The Balaban J connectivity index is 1.84. The van der Waals surface area contributed by atoms with E-state index in [1.807, 2.05) is 25.1 Å². The van der Waals surface area contributed by atoms with Crippen LogP contribution in [0.15, 0.2) is 51.7 Å². The lowest BCUT2D eigenvalue weighted by Crippen LogP contribution is -2.25. The molecule has 0 saturated carbocycles. The van der Waals surface area contributed by atoms with E-state index in [0.717, 1.165) is 14.8 Å². The van der Waals surface area contributed by atoms with Gasteiger partial charge in [0.15, 0.2) is 5.58 Å². The molecular formula is C16H13IN2O3. The van der Waals surface area contributed by atoms with Crippen molar-refractivity contribution in [3.05, 3.63) is 62.1 Å². The number of carbonyl (C=O) groups excluding carboxylic acids is 1. The Hall–Kier alpha value is -2.09. The van der Waals surface area contributed by atoms with Crippen molar-refractivity contribution < 1.29 is 9.21 Å². The van der Waals surface area contributed by atoms with E-state index in [-0.39, 0.29) is 12.5 Å². The fourth-order valence-corrected chi connectivity index (χ4v) is 2.91. The number of halogens is 1. The Kier molecular flexibility index (Phi) is 4.02. The third kappa shape index (κ3) is 2.92. The van der Waals surface area contributed by atoms with Gasteiger partial charge in [-0.05, 0) is 65.4 Å². The average Bonchev–Trinajstić information content (AvgIpc) is 2.78. The predicted molar refractivity (Wildman–Crippen MR) is 93.0 cm³/mol. The highest BCUT2D eigenvalue weighted by molar-refractivity contribution is 14.1. The van der Waals surface area contributed by atoms with Gasteiger partial charge in [-0.15, -0.1) is 0 Å². The molecule has 0 spiro atoms. The van der Waals surface area contributed by atoms with E-state index in [2.05, 4.69) is 27.9 Å². The quantitative estimate of drug-likeness (QED) is 0.678. The molecule has 1 heterocycles. The molecule has 0 fully saturated rings. The molecule has 2 aromatic carbocycles. The van der Waals surface area contributed by atoms with Gasteiger partial charge in [0.05, 0.1) is 5.52 Å². The van der Waals surface area contributed by atoms with Gasteiger partial charge in [-0.2, -0.15) is 0 Å². The first-order chi connectivity index (χ1) is 10.5. The lowest BCUT2D eigenvalue weighted by molar-refractivity contribution is -0.116. The summed E-state index contributed by atoms with van der Waals surface area (Å²) in [4.78, 5) is 24.1. The van der Waals surface area contributed by atoms with Crippen LogP contribution in [-0.2, 0) is 11.3 Å². The van der Waals surface area contributed by atoms with Crippen molar-refractivity contribution >= 4 is 45.3 Å². The summed E-state index contributed by atoms with van der Waals surface area (Å²) in [5.41, 5.74) is 2.81. The molecule has 6 heteroatoms. The van der Waals surface area contributed by atoms with Crippen LogP contribution in [-0.4, -0.2) is 10.5 Å². The molecule has 0 atom stereocenters. The maximum atomic E-state index is 12.2. The van der Waals surface area contributed by atoms with Crippen LogP contribution < -0.4 is 11.1 Å². The normalized spacial score (nSPS) is 10.8. The third-order valence-corrected chi connectivity index (χ3v) is 4.01. The monoisotopic (exact) mass is 408 g/mol. The first-order valence-electron chi connectivity index (χ1n) is 6.69. The number of carbonyl (C=O) groups is 1. The third-order valence-electron chi connectivity index (χ3n) is 3.34. The standard InChI is InChI=1S/C16H13IN2O3/c1-10-8-11(17)6-7-12(10)18-15(20)9-19-13-4-2-3-5-14(13)22-16(19)21/h2-8H,9H2,1H3,(H,18,20). The van der Waals surface area contributed by atoms with Gasteiger partial charge in [-0.3, -0.25) is 9.36 Å². The van der Waals surface area contributed by atoms with Crippen LogP contribution in [0, 0.1) is 10.5 Å². The first kappa shape index (κ1) is 14.8. The molecule has 5 nitrogen and oxygen atoms in total. The van der Waals surface area contributed by atoms with Gasteiger partial charge >= 0.3 is 5.76 Å². The van der Waals surface area contributed by atoms with Crippen LogP contribution in [0.3, 0.4) is 0 Å². The van der Waals surface area contributed by atoms with Gasteiger partial charge in [-0.1, -0.05) is 12.1 Å². The summed E-state index contributed by atoms with van der Waals surface area (Å²) in [6.07, 6.45) is 0. The number of aromatic nitrogens is 1. The number of anilines is 1. The molecule has 0 bridgehead atoms. The van der Waals surface area contributed by atoms with Gasteiger partial charge in [0, 0.05) is 9.26 Å². The number of amides is 1. The van der Waals surface area contributed by atoms with Crippen molar-refractivity contribution in [1.29, 1.82) is 0 Å². The van der Waals surface area contributed by atoms with Crippen LogP contribution in [0.25, 0.3) is 11.1 Å². The molecular weight excluding hydrogens is 395 g/mol. The number of para-hydroxylation sites is 2. The van der Waals surface area contributed by atoms with Crippen LogP contribution in [0.1, 0.15) is 5.56 Å². The molecule has 1 N–H and O–H groups in total. The van der Waals surface area contributed by atoms with Gasteiger partial charge in [0.2, 0.25) is 5.91 Å². The highest BCUT2D eigenvalue weighted by atomic mass is 127. The lowest BCUT2D eigenvalue weighted by atomic mass is 10.2. The van der Waals surface area contributed by atoms with Crippen molar-refractivity contribution in [2.45, 2.75) is 13.5 Å². The number of rotatable bonds is 3. The predicted octanol–water partition coefficient (Wildman–Crippen LogP) is 3.15. The van der Waals surface area contributed by atoms with Crippen molar-refractivity contribution in [3.63, 3.8) is 0 Å². The molecule has 0 aliphatic carbocycles. The van der Waals surface area contributed by atoms with E-state index >= 15 is 0 Å². The number of hydrogen-bond acceptors (Lipinski definition) is 3. The number of nitrogens with zero attached hydrogens (tertiary/aromatic N) is 1. The summed E-state index contributed by atoms with van der Waals surface area (Å²) in [6.45, 7) is 1.85. The fraction of sp³-hybridized carbons (Fsp3) is 0.125. The minimum atomic E-state index is -0.532. The van der Waals surface area contributed by atoms with Gasteiger partial charge in [0.1, 0.15) is 6.54 Å². The van der Waals surface area contributed by atoms with E-state index in [4.69, 9.17) is 4.42 Å². The summed E-state index contributed by atoms with van der Waals surface area (Å²) < 4.78 is 7.54. The molecule has 1 amide bonds. The van der Waals surface area contributed by atoms with E-state index in [9.17, 15) is 9.59 Å². The van der Waals surface area contributed by atoms with Crippen LogP contribution >= 0.6 is 22.6 Å². The van der Waals surface area contributed by atoms with Crippen LogP contribution in [0.2, 0.25) is 0 Å². The number of fused-ring (bicyclic) bond motifs is 1. The zero-order chi connectivity index (χ0) is 15.7. The van der Waals surface area contributed by atoms with E-state index < -0.39 is 5.76 Å². The second kappa shape index (κ2) is 5.96. The molecule has 0 aliphatic rings. The number of oxazole rings is 1. The first-order valence-corrected chi connectivity index (χ1v) is 7.77. The molecule has 0 saturated heterocycles. The van der Waals surface area contributed by atoms with E-state index in [1.165, 1.54) is 4.57 Å². The summed E-state index contributed by atoms with van der Waals surface area (Å²) in [7, 11) is 0. The highest BCUT2D eigenvalue weighted by Gasteiger charge is 2.13. The maximum Gasteiger partial charge on any atom is 0.420 e. The van der Waals surface area contributed by atoms with Crippen LogP contribution in [0.4, 0.5) is 5.69 Å². The van der Waals surface area contributed by atoms with Gasteiger partial charge in [0.25, 0.3) is 0 Å². The highest BCUT2D eigenvalue weighted by Crippen LogP contribution is 2.18. The zero-order valence-electron chi connectivity index (χ0n) is 11.8. The Labute approximate surface area is 140 Å². The molecule has 112 valence electrons. The second-order valence-corrected chi connectivity index (χ2v) is 6.17. The minimum Gasteiger partial charge on any atom is -0.408 e. The van der Waals surface area contributed by atoms with Crippen LogP contribution in [0.5, 0.6) is 0 Å². The summed E-state index contributed by atoms with van der Waals surface area (Å²) in [5, 5.41) is 2.82. The zero-order valence-corrected chi connectivity index (χ0v) is 14.0. The van der Waals surface area contributed by atoms with Crippen molar-refractivity contribution in [2.24, 2.45) is 0 Å². The SMILES string of the molecule is Cc1cc(I)ccc1NC(=O)Cn1c(=O)oc2ccccc21. The Bertz CT molecular complexity index is 911. The van der Waals surface area contributed by atoms with E-state index in [1.54, 1.807) is 24.3 Å². The van der Waals surface area contributed by atoms with Crippen molar-refractivity contribution in [1.82, 2.24) is 4.57 Å². The van der Waals surface area contributed by atoms with Crippen molar-refractivity contribution in [2.75, 3.05) is 5.32 Å². The van der Waals surface area contributed by atoms with E-state index in [0.29, 0.717) is 11.1 Å². The maximum absolute atomic E-state index is 12.2. The molecule has 3 rings (SSSR count). The number of hydrogen-bond donors (Lipinski definition) is 1. The minimum absolute atomic E-state index is 0.0821. The Morgan fingerprint density at radius 2 is 2.05 bits per heavy atom. The smallest absolute Gasteiger partial charge is 0.408 e. The molecule has 1 aromatic heterocycles.